The fourth-order valence-corrected chi connectivity index (χ4v) is 4.13. The molecule has 2 amide bonds. The van der Waals surface area contributed by atoms with Crippen LogP contribution in [0.15, 0.2) is 66.9 Å². The minimum Gasteiger partial charge on any atom is -0.316 e. The zero-order valence-electron chi connectivity index (χ0n) is 16.1. The van der Waals surface area contributed by atoms with E-state index in [9.17, 15) is 4.79 Å². The molecule has 2 fully saturated rings. The van der Waals surface area contributed by atoms with Crippen LogP contribution in [0.2, 0.25) is 0 Å². The van der Waals surface area contributed by atoms with Crippen molar-refractivity contribution in [2.75, 3.05) is 6.54 Å². The molecule has 1 aromatic heterocycles. The molecule has 3 aromatic rings. The smallest absolute Gasteiger partial charge is 0.316 e. The molecule has 2 aromatic carbocycles. The van der Waals surface area contributed by atoms with Gasteiger partial charge in [-0.05, 0) is 18.4 Å². The first-order valence-electron chi connectivity index (χ1n) is 10.00. The summed E-state index contributed by atoms with van der Waals surface area (Å²) in [5.74, 6) is 0. The zero-order chi connectivity index (χ0) is 19.6. The van der Waals surface area contributed by atoms with Crippen LogP contribution in [0.1, 0.15) is 18.4 Å². The van der Waals surface area contributed by atoms with Crippen LogP contribution < -0.4 is 0 Å². The highest BCUT2D eigenvalue weighted by Gasteiger charge is 2.45. The molecular formula is C22H23N5O2. The number of nitrogens with zero attached hydrogens (tertiary/aromatic N) is 5. The molecule has 7 nitrogen and oxygen atoms in total. The van der Waals surface area contributed by atoms with E-state index in [1.165, 1.54) is 0 Å². The molecule has 2 bridgehead atoms. The topological polar surface area (TPSA) is 63.5 Å². The van der Waals surface area contributed by atoms with Crippen LogP contribution in [0.3, 0.4) is 0 Å². The van der Waals surface area contributed by atoms with Gasteiger partial charge in [-0.25, -0.2) is 9.48 Å². The molecule has 5 rings (SSSR count). The van der Waals surface area contributed by atoms with Crippen molar-refractivity contribution >= 4 is 6.03 Å². The lowest BCUT2D eigenvalue weighted by Crippen LogP contribution is -2.42. The first-order chi connectivity index (χ1) is 14.3. The van der Waals surface area contributed by atoms with Crippen LogP contribution in [0.4, 0.5) is 4.79 Å². The van der Waals surface area contributed by atoms with Crippen LogP contribution in [-0.4, -0.2) is 49.6 Å². The Labute approximate surface area is 169 Å². The molecule has 0 radical (unpaired) electrons. The molecule has 7 heteroatoms. The van der Waals surface area contributed by atoms with E-state index in [2.05, 4.69) is 10.3 Å². The summed E-state index contributed by atoms with van der Waals surface area (Å²) in [6.45, 7) is 1.76. The average molecular weight is 389 g/mol. The Morgan fingerprint density at radius 3 is 2.55 bits per heavy atom. The van der Waals surface area contributed by atoms with E-state index in [0.29, 0.717) is 19.7 Å². The van der Waals surface area contributed by atoms with Crippen LogP contribution in [0.25, 0.3) is 11.3 Å². The van der Waals surface area contributed by atoms with Gasteiger partial charge >= 0.3 is 6.03 Å². The summed E-state index contributed by atoms with van der Waals surface area (Å²) < 4.78 is 1.84. The first kappa shape index (κ1) is 17.9. The van der Waals surface area contributed by atoms with Gasteiger partial charge in [-0.15, -0.1) is 5.10 Å². The molecule has 0 spiro atoms. The normalized spacial score (nSPS) is 21.0. The second-order valence-corrected chi connectivity index (χ2v) is 7.60. The average Bonchev–Trinajstić information content (AvgIpc) is 3.33. The van der Waals surface area contributed by atoms with Gasteiger partial charge in [0.25, 0.3) is 0 Å². The number of rotatable bonds is 6. The fourth-order valence-electron chi connectivity index (χ4n) is 4.13. The molecule has 3 heterocycles. The molecule has 2 aliphatic rings. The monoisotopic (exact) mass is 389 g/mol. The molecule has 2 atom stereocenters. The van der Waals surface area contributed by atoms with Crippen LogP contribution in [0, 0.1) is 0 Å². The van der Waals surface area contributed by atoms with E-state index in [1.807, 2.05) is 76.4 Å². The molecule has 0 N–H and O–H groups in total. The molecule has 2 saturated heterocycles. The first-order valence-corrected chi connectivity index (χ1v) is 10.00. The van der Waals surface area contributed by atoms with E-state index in [1.54, 1.807) is 5.06 Å². The van der Waals surface area contributed by atoms with Crippen molar-refractivity contribution < 1.29 is 9.63 Å². The maximum absolute atomic E-state index is 12.9. The number of carbonyl (C=O) groups is 1. The molecule has 0 saturated carbocycles. The van der Waals surface area contributed by atoms with Crippen molar-refractivity contribution in [2.24, 2.45) is 0 Å². The summed E-state index contributed by atoms with van der Waals surface area (Å²) in [4.78, 5) is 20.7. The number of aromatic nitrogens is 3. The van der Waals surface area contributed by atoms with E-state index in [-0.39, 0.29) is 18.1 Å². The highest BCUT2D eigenvalue weighted by Crippen LogP contribution is 2.31. The lowest BCUT2D eigenvalue weighted by Gasteiger charge is -2.30. The van der Waals surface area contributed by atoms with Crippen molar-refractivity contribution in [2.45, 2.75) is 38.1 Å². The number of amides is 2. The van der Waals surface area contributed by atoms with Gasteiger partial charge in [0.1, 0.15) is 12.3 Å². The Hall–Kier alpha value is -3.19. The van der Waals surface area contributed by atoms with Gasteiger partial charge in [0.2, 0.25) is 0 Å². The highest BCUT2D eigenvalue weighted by molar-refractivity contribution is 5.76. The molecule has 148 valence electrons. The van der Waals surface area contributed by atoms with Crippen molar-refractivity contribution in [3.05, 3.63) is 72.4 Å². The number of urea groups is 1. The summed E-state index contributed by atoms with van der Waals surface area (Å²) in [6, 6.07) is 20.1. The predicted molar refractivity (Wildman–Crippen MR) is 107 cm³/mol. The third-order valence-corrected chi connectivity index (χ3v) is 5.67. The summed E-state index contributed by atoms with van der Waals surface area (Å²) >= 11 is 0. The lowest BCUT2D eigenvalue weighted by molar-refractivity contribution is -0.140. The molecule has 29 heavy (non-hydrogen) atoms. The van der Waals surface area contributed by atoms with Gasteiger partial charge in [-0.2, -0.15) is 5.06 Å². The number of piperidine rings is 1. The number of benzene rings is 2. The van der Waals surface area contributed by atoms with Crippen molar-refractivity contribution in [3.63, 3.8) is 0 Å². The van der Waals surface area contributed by atoms with Gasteiger partial charge in [0, 0.05) is 12.1 Å². The molecule has 0 unspecified atom stereocenters. The van der Waals surface area contributed by atoms with E-state index >= 15 is 0 Å². The number of carbonyl (C=O) groups excluding carboxylic acids is 1. The van der Waals surface area contributed by atoms with Crippen molar-refractivity contribution in [3.8, 4) is 11.3 Å². The maximum Gasteiger partial charge on any atom is 0.344 e. The minimum atomic E-state index is -0.0446. The quantitative estimate of drug-likeness (QED) is 0.649. The van der Waals surface area contributed by atoms with E-state index < -0.39 is 0 Å². The largest absolute Gasteiger partial charge is 0.344 e. The van der Waals surface area contributed by atoms with Gasteiger partial charge in [0.05, 0.1) is 24.8 Å². The second kappa shape index (κ2) is 7.67. The summed E-state index contributed by atoms with van der Waals surface area (Å²) in [6.07, 6.45) is 3.82. The lowest BCUT2D eigenvalue weighted by atomic mass is 10.0. The highest BCUT2D eigenvalue weighted by atomic mass is 16.7. The standard InChI is InChI=1S/C22H23N5O2/c28-22-26-14-20(27(22)29-16-17-7-3-1-4-8-17)12-11-19(26)13-25-15-21(23-24-25)18-9-5-2-6-10-18/h1-10,15,19-20H,11-14,16H2/t19-,20+/m0/s1. The Morgan fingerprint density at radius 2 is 1.76 bits per heavy atom. The third kappa shape index (κ3) is 3.61. The van der Waals surface area contributed by atoms with Gasteiger partial charge in [-0.3, -0.25) is 4.84 Å². The summed E-state index contributed by atoms with van der Waals surface area (Å²) in [7, 11) is 0. The Bertz CT molecular complexity index is 975. The Balaban J connectivity index is 1.24. The number of hydrogen-bond donors (Lipinski definition) is 0. The SMILES string of the molecule is O=C1N2C[C@@H](CC[C@H]2Cn2cc(-c3ccccc3)nn2)N1OCc1ccccc1. The van der Waals surface area contributed by atoms with Crippen molar-refractivity contribution in [1.29, 1.82) is 0 Å². The number of hydroxylamine groups is 2. The van der Waals surface area contributed by atoms with Crippen LogP contribution >= 0.6 is 0 Å². The van der Waals surface area contributed by atoms with Gasteiger partial charge < -0.3 is 4.90 Å². The Kier molecular flexibility index (Phi) is 4.73. The number of hydrogen-bond acceptors (Lipinski definition) is 4. The zero-order valence-corrected chi connectivity index (χ0v) is 16.1. The predicted octanol–water partition coefficient (Wildman–Crippen LogP) is 3.35. The van der Waals surface area contributed by atoms with Gasteiger partial charge in [0.15, 0.2) is 0 Å². The molecule has 2 aliphatic heterocycles. The molecule has 0 aliphatic carbocycles. The minimum absolute atomic E-state index is 0.0446. The van der Waals surface area contributed by atoms with E-state index in [0.717, 1.165) is 29.7 Å². The van der Waals surface area contributed by atoms with Crippen molar-refractivity contribution in [1.82, 2.24) is 25.0 Å². The number of fused-ring (bicyclic) bond motifs is 2. The Morgan fingerprint density at radius 1 is 1.00 bits per heavy atom. The molecular weight excluding hydrogens is 366 g/mol. The van der Waals surface area contributed by atoms with Crippen LogP contribution in [0.5, 0.6) is 0 Å². The third-order valence-electron chi connectivity index (χ3n) is 5.67. The summed E-state index contributed by atoms with van der Waals surface area (Å²) in [5.41, 5.74) is 2.95. The van der Waals surface area contributed by atoms with Crippen LogP contribution in [-0.2, 0) is 18.0 Å². The van der Waals surface area contributed by atoms with Gasteiger partial charge in [-0.1, -0.05) is 65.9 Å². The maximum atomic E-state index is 12.9. The fraction of sp³-hybridized carbons (Fsp3) is 0.318. The summed E-state index contributed by atoms with van der Waals surface area (Å²) in [5, 5.41) is 10.1. The van der Waals surface area contributed by atoms with E-state index in [4.69, 9.17) is 4.84 Å². The second-order valence-electron chi connectivity index (χ2n) is 7.60.